The molecule has 12 rings (SSSR count). The van der Waals surface area contributed by atoms with Gasteiger partial charge in [0.25, 0.3) is 0 Å². The van der Waals surface area contributed by atoms with Crippen molar-refractivity contribution >= 4 is 54.5 Å². The minimum absolute atomic E-state index is 0. The summed E-state index contributed by atoms with van der Waals surface area (Å²) in [7, 11) is 0. The fourth-order valence-corrected chi connectivity index (χ4v) is 10.9. The van der Waals surface area contributed by atoms with Gasteiger partial charge in [-0.1, -0.05) is 282 Å². The van der Waals surface area contributed by atoms with Gasteiger partial charge in [0.2, 0.25) is 0 Å². The van der Waals surface area contributed by atoms with Gasteiger partial charge in [0.1, 0.15) is 0 Å². The van der Waals surface area contributed by atoms with Gasteiger partial charge in [-0.05, 0) is 101 Å². The van der Waals surface area contributed by atoms with Crippen LogP contribution in [0.5, 0.6) is 0 Å². The first kappa shape index (κ1) is 68.7. The van der Waals surface area contributed by atoms with Crippen molar-refractivity contribution in [2.24, 2.45) is 0 Å². The van der Waals surface area contributed by atoms with Crippen LogP contribution in [0.15, 0.2) is 224 Å². The maximum absolute atomic E-state index is 5.60. The van der Waals surface area contributed by atoms with Crippen LogP contribution in [-0.2, 0) is 51.7 Å². The topological polar surface area (TPSA) is 54.0 Å². The molecule has 430 valence electrons. The van der Waals surface area contributed by atoms with Gasteiger partial charge in [-0.25, -0.2) is 0 Å². The maximum Gasteiger partial charge on any atom is 0.0196 e. The van der Waals surface area contributed by atoms with Crippen molar-refractivity contribution in [2.45, 2.75) is 100 Å². The number of benzene rings is 10. The molecule has 2 unspecified atom stereocenters. The normalized spacial score (nSPS) is 11.2. The SMILES string of the molecule is CC.CC.Cc1cccc(C(C)C)c1[N-]C(c1cccc(-c2[c-]ccc3ccccc23)n1)c1cc2ccccc2c2ccccc12.Cc1ccccc1C([N-]c1c(C)cccc1C(C)C)c1cccc(-c2[c-]ccc3ccccc23)n1.[CH3-].[CH3-].[Hf].[Hf]. The third-order valence-electron chi connectivity index (χ3n) is 14.9. The molecule has 0 aliphatic heterocycles. The summed E-state index contributed by atoms with van der Waals surface area (Å²) in [6, 6.07) is 85.2. The Bertz CT molecular complexity index is 4080. The molecule has 0 amide bonds. The Kier molecular flexibility index (Phi) is 26.2. The molecule has 6 heteroatoms. The number of fused-ring (bicyclic) bond motifs is 5. The van der Waals surface area contributed by atoms with Gasteiger partial charge >= 0.3 is 0 Å². The molecule has 2 heterocycles. The number of para-hydroxylation sites is 2. The molecule has 0 aliphatic rings. The fourth-order valence-electron chi connectivity index (χ4n) is 10.9. The Hall–Kier alpha value is -7.12. The van der Waals surface area contributed by atoms with Crippen LogP contribution in [0.4, 0.5) is 11.4 Å². The molecule has 0 aliphatic carbocycles. The molecule has 10 aromatic carbocycles. The summed E-state index contributed by atoms with van der Waals surface area (Å²) in [5.74, 6) is 0.734. The molecule has 4 nitrogen and oxygen atoms in total. The van der Waals surface area contributed by atoms with E-state index < -0.39 is 0 Å². The Morgan fingerprint density at radius 1 is 0.341 bits per heavy atom. The number of pyridine rings is 2. The molecule has 85 heavy (non-hydrogen) atoms. The van der Waals surface area contributed by atoms with Crippen molar-refractivity contribution in [2.75, 3.05) is 0 Å². The first-order chi connectivity index (χ1) is 39.6. The summed E-state index contributed by atoms with van der Waals surface area (Å²) in [6.07, 6.45) is 0. The van der Waals surface area contributed by atoms with E-state index in [0.717, 1.165) is 61.6 Å². The molecule has 0 spiro atoms. The predicted molar refractivity (Wildman–Crippen MR) is 360 cm³/mol. The standard InChI is InChI=1S/C40H32N2.C33H30N2.2C2H6.2CH3.2Hf/c1-26(2)30-21-10-13-27(3)39(30)42-40(36-25-29-15-5-7-18-32(29)33-19-8-9-20-34(33)36)38-24-12-23-37(41-38)35-22-11-16-28-14-4-6-17-31(28)35;1-22(2)26-18-9-13-24(4)32(26)35-33(27-16-7-5-12-23(27)3)31-21-11-20-30(34-31)29-19-10-15-25-14-6-8-17-28(25)29;2*1-2;;;;/h4-21,23-26,40H,1-3H3;5-18,20-22,33H,1-4H3;2*1-2H3;2*1H3;;/q2*-2;;;2*-1;;. The monoisotopic (exact) mass is 1440 g/mol. The van der Waals surface area contributed by atoms with Gasteiger partial charge in [0.15, 0.2) is 0 Å². The van der Waals surface area contributed by atoms with Crippen LogP contribution in [0, 0.1) is 47.8 Å². The summed E-state index contributed by atoms with van der Waals surface area (Å²) in [5.41, 5.74) is 16.3. The van der Waals surface area contributed by atoms with Crippen LogP contribution in [0.1, 0.15) is 130 Å². The van der Waals surface area contributed by atoms with E-state index in [2.05, 4.69) is 273 Å². The van der Waals surface area contributed by atoms with Crippen molar-refractivity contribution in [1.29, 1.82) is 0 Å². The van der Waals surface area contributed by atoms with E-state index in [1.54, 1.807) is 0 Å². The summed E-state index contributed by atoms with van der Waals surface area (Å²) in [6.45, 7) is 23.4. The van der Waals surface area contributed by atoms with Crippen molar-refractivity contribution in [3.05, 3.63) is 312 Å². The van der Waals surface area contributed by atoms with E-state index in [1.807, 2.05) is 39.8 Å². The van der Waals surface area contributed by atoms with E-state index in [-0.39, 0.29) is 78.6 Å². The van der Waals surface area contributed by atoms with Crippen molar-refractivity contribution in [3.63, 3.8) is 0 Å². The maximum atomic E-state index is 5.60. The van der Waals surface area contributed by atoms with E-state index in [0.29, 0.717) is 11.8 Å². The molecule has 0 N–H and O–H groups in total. The summed E-state index contributed by atoms with van der Waals surface area (Å²) >= 11 is 0. The first-order valence-electron chi connectivity index (χ1n) is 28.9. The van der Waals surface area contributed by atoms with Crippen LogP contribution in [0.2, 0.25) is 0 Å². The van der Waals surface area contributed by atoms with Gasteiger partial charge in [-0.2, -0.15) is 0 Å². The Morgan fingerprint density at radius 3 is 1.18 bits per heavy atom. The molecule has 0 radical (unpaired) electrons. The van der Waals surface area contributed by atoms with E-state index in [1.165, 1.54) is 65.7 Å². The van der Waals surface area contributed by atoms with Gasteiger partial charge in [0.05, 0.1) is 0 Å². The third-order valence-corrected chi connectivity index (χ3v) is 14.9. The van der Waals surface area contributed by atoms with Crippen molar-refractivity contribution in [1.82, 2.24) is 9.97 Å². The zero-order valence-corrected chi connectivity index (χ0v) is 59.1. The molecule has 0 saturated heterocycles. The van der Waals surface area contributed by atoms with Crippen LogP contribution < -0.4 is 0 Å². The molecular weight excluding hydrogens is 1360 g/mol. The second-order valence-corrected chi connectivity index (χ2v) is 20.8. The average molecular weight is 1440 g/mol. The largest absolute Gasteiger partial charge is 0.673 e. The number of hydrogen-bond acceptors (Lipinski definition) is 2. The van der Waals surface area contributed by atoms with Crippen LogP contribution in [-0.4, -0.2) is 9.97 Å². The van der Waals surface area contributed by atoms with Crippen LogP contribution >= 0.6 is 0 Å². The second kappa shape index (κ2) is 32.4. The Labute approximate surface area is 546 Å². The number of nitrogens with zero attached hydrogens (tertiary/aromatic N) is 4. The Balaban J connectivity index is 0.000000285. The van der Waals surface area contributed by atoms with Gasteiger partial charge in [-0.3, -0.25) is 0 Å². The molecule has 2 aromatic heterocycles. The van der Waals surface area contributed by atoms with E-state index >= 15 is 0 Å². The van der Waals surface area contributed by atoms with Gasteiger partial charge < -0.3 is 35.5 Å². The number of rotatable bonds is 12. The third kappa shape index (κ3) is 15.3. The van der Waals surface area contributed by atoms with Crippen molar-refractivity contribution in [3.8, 4) is 22.5 Å². The minimum atomic E-state index is -0.298. The number of hydrogen-bond donors (Lipinski definition) is 0. The first-order valence-corrected chi connectivity index (χ1v) is 28.9. The Morgan fingerprint density at radius 2 is 0.706 bits per heavy atom. The molecule has 2 atom stereocenters. The molecule has 0 saturated carbocycles. The summed E-state index contributed by atoms with van der Waals surface area (Å²) < 4.78 is 0. The summed E-state index contributed by atoms with van der Waals surface area (Å²) in [5, 5.41) is 20.6. The minimum Gasteiger partial charge on any atom is -0.673 e. The van der Waals surface area contributed by atoms with E-state index in [4.69, 9.17) is 20.6 Å². The number of aromatic nitrogens is 2. The van der Waals surface area contributed by atoms with Crippen molar-refractivity contribution < 1.29 is 51.7 Å². The average Bonchev–Trinajstić information content (AvgIpc) is 3.30. The van der Waals surface area contributed by atoms with Gasteiger partial charge in [-0.15, -0.1) is 69.7 Å². The van der Waals surface area contributed by atoms with Crippen LogP contribution in [0.25, 0.3) is 76.2 Å². The molecule has 0 fully saturated rings. The second-order valence-electron chi connectivity index (χ2n) is 20.8. The summed E-state index contributed by atoms with van der Waals surface area (Å²) in [4.78, 5) is 10.5. The quantitative estimate of drug-likeness (QED) is 0.0695. The predicted octanol–water partition coefficient (Wildman–Crippen LogP) is 23.4. The zero-order chi connectivity index (χ0) is 57.0. The number of aryl methyl sites for hydroxylation is 3. The fraction of sp³-hybridized carbons (Fsp3) is 0.190. The van der Waals surface area contributed by atoms with Crippen LogP contribution in [0.3, 0.4) is 0 Å². The van der Waals surface area contributed by atoms with E-state index in [9.17, 15) is 0 Å². The zero-order valence-electron chi connectivity index (χ0n) is 52.0. The molecule has 12 aromatic rings. The molecular formula is C79H80Hf2N4-6. The van der Waals surface area contributed by atoms with Gasteiger partial charge in [0, 0.05) is 63.1 Å². The molecule has 0 bridgehead atoms. The smallest absolute Gasteiger partial charge is 0.0196 e.